The first-order valence-corrected chi connectivity index (χ1v) is 9.32. The second-order valence-corrected chi connectivity index (χ2v) is 6.92. The van der Waals surface area contributed by atoms with E-state index >= 15 is 0 Å². The number of hydrogen-bond acceptors (Lipinski definition) is 4. The normalized spacial score (nSPS) is 19.9. The van der Waals surface area contributed by atoms with E-state index in [-0.39, 0.29) is 24.4 Å². The Kier molecular flexibility index (Phi) is 4.86. The molecule has 138 valence electrons. The highest BCUT2D eigenvalue weighted by Crippen LogP contribution is 2.32. The van der Waals surface area contributed by atoms with Crippen molar-refractivity contribution < 1.29 is 13.9 Å². The quantitative estimate of drug-likeness (QED) is 0.843. The molecule has 0 aliphatic carbocycles. The van der Waals surface area contributed by atoms with Crippen LogP contribution in [-0.2, 0) is 17.8 Å². The number of rotatable bonds is 4. The van der Waals surface area contributed by atoms with Gasteiger partial charge in [0.25, 0.3) is 5.91 Å². The summed E-state index contributed by atoms with van der Waals surface area (Å²) in [7, 11) is 0. The van der Waals surface area contributed by atoms with E-state index in [9.17, 15) is 9.18 Å². The summed E-state index contributed by atoms with van der Waals surface area (Å²) in [5, 5.41) is 8.78. The minimum atomic E-state index is -0.323. The van der Waals surface area contributed by atoms with Gasteiger partial charge in [0.05, 0.1) is 6.04 Å². The molecule has 6 nitrogen and oxygen atoms in total. The Morgan fingerprint density at radius 2 is 1.96 bits per heavy atom. The SMILES string of the molecule is O=C(COc1ccc(F)cc1)N1CCC[C@@H]1c1nnc2n1CCCCC2. The largest absolute Gasteiger partial charge is 0.484 e. The van der Waals surface area contributed by atoms with Gasteiger partial charge in [-0.25, -0.2) is 4.39 Å². The van der Waals surface area contributed by atoms with Gasteiger partial charge in [-0.1, -0.05) is 6.42 Å². The minimum absolute atomic E-state index is 0.0290. The number of carbonyl (C=O) groups excluding carboxylic acids is 1. The minimum Gasteiger partial charge on any atom is -0.484 e. The first-order valence-electron chi connectivity index (χ1n) is 9.32. The van der Waals surface area contributed by atoms with Crippen molar-refractivity contribution >= 4 is 5.91 Å². The average Bonchev–Trinajstić information content (AvgIpc) is 3.22. The molecule has 0 unspecified atom stereocenters. The number of benzene rings is 1. The maximum atomic E-state index is 13.0. The molecule has 26 heavy (non-hydrogen) atoms. The Bertz CT molecular complexity index is 774. The molecule has 1 aromatic heterocycles. The number of carbonyl (C=O) groups is 1. The fourth-order valence-corrected chi connectivity index (χ4v) is 3.85. The van der Waals surface area contributed by atoms with Crippen LogP contribution in [0.2, 0.25) is 0 Å². The topological polar surface area (TPSA) is 60.2 Å². The lowest BCUT2D eigenvalue weighted by atomic mass is 10.2. The van der Waals surface area contributed by atoms with Crippen LogP contribution >= 0.6 is 0 Å². The first-order chi connectivity index (χ1) is 12.7. The molecule has 1 aromatic carbocycles. The number of aryl methyl sites for hydroxylation is 1. The van der Waals surface area contributed by atoms with Gasteiger partial charge in [-0.2, -0.15) is 0 Å². The fourth-order valence-electron chi connectivity index (χ4n) is 3.85. The van der Waals surface area contributed by atoms with E-state index in [1.165, 1.54) is 30.7 Å². The number of fused-ring (bicyclic) bond motifs is 1. The fraction of sp³-hybridized carbons (Fsp3) is 0.526. The highest BCUT2D eigenvalue weighted by molar-refractivity contribution is 5.78. The molecular formula is C19H23FN4O2. The summed E-state index contributed by atoms with van der Waals surface area (Å²) >= 11 is 0. The van der Waals surface area contributed by atoms with Crippen LogP contribution < -0.4 is 4.74 Å². The molecule has 0 saturated carbocycles. The molecule has 0 bridgehead atoms. The van der Waals surface area contributed by atoms with E-state index < -0.39 is 0 Å². The predicted octanol–water partition coefficient (Wildman–Crippen LogP) is 2.89. The molecule has 0 radical (unpaired) electrons. The molecule has 1 amide bonds. The van der Waals surface area contributed by atoms with E-state index in [1.54, 1.807) is 0 Å². The molecule has 4 rings (SSSR count). The first kappa shape index (κ1) is 17.0. The molecule has 0 spiro atoms. The van der Waals surface area contributed by atoms with Crippen molar-refractivity contribution in [3.63, 3.8) is 0 Å². The van der Waals surface area contributed by atoms with Gasteiger partial charge >= 0.3 is 0 Å². The van der Waals surface area contributed by atoms with E-state index in [2.05, 4.69) is 14.8 Å². The highest BCUT2D eigenvalue weighted by atomic mass is 19.1. The zero-order valence-corrected chi connectivity index (χ0v) is 14.7. The lowest BCUT2D eigenvalue weighted by Crippen LogP contribution is -2.35. The van der Waals surface area contributed by atoms with Crippen LogP contribution in [0.5, 0.6) is 5.75 Å². The zero-order chi connectivity index (χ0) is 17.9. The van der Waals surface area contributed by atoms with Crippen LogP contribution in [0.15, 0.2) is 24.3 Å². The Morgan fingerprint density at radius 3 is 2.81 bits per heavy atom. The van der Waals surface area contributed by atoms with Gasteiger partial charge in [0.15, 0.2) is 12.4 Å². The maximum Gasteiger partial charge on any atom is 0.261 e. The molecule has 7 heteroatoms. The van der Waals surface area contributed by atoms with E-state index in [0.29, 0.717) is 12.3 Å². The van der Waals surface area contributed by atoms with Gasteiger partial charge in [-0.15, -0.1) is 10.2 Å². The van der Waals surface area contributed by atoms with Crippen molar-refractivity contribution in [3.05, 3.63) is 41.7 Å². The van der Waals surface area contributed by atoms with Gasteiger partial charge < -0.3 is 14.2 Å². The van der Waals surface area contributed by atoms with Crippen LogP contribution in [-0.4, -0.2) is 38.7 Å². The zero-order valence-electron chi connectivity index (χ0n) is 14.7. The summed E-state index contributed by atoms with van der Waals surface area (Å²) in [6, 6.07) is 5.68. The van der Waals surface area contributed by atoms with Crippen molar-refractivity contribution in [1.82, 2.24) is 19.7 Å². The number of halogens is 1. The van der Waals surface area contributed by atoms with Crippen LogP contribution in [0.1, 0.15) is 49.8 Å². The second-order valence-electron chi connectivity index (χ2n) is 6.92. The summed E-state index contributed by atoms with van der Waals surface area (Å²) < 4.78 is 20.7. The lowest BCUT2D eigenvalue weighted by molar-refractivity contribution is -0.134. The molecule has 2 aliphatic rings. The molecule has 1 atom stereocenters. The van der Waals surface area contributed by atoms with Crippen molar-refractivity contribution in [2.45, 2.75) is 51.1 Å². The third kappa shape index (κ3) is 3.43. The number of amides is 1. The molecule has 3 heterocycles. The standard InChI is InChI=1S/C19H23FN4O2/c20-14-7-9-15(10-8-14)26-13-18(25)23-12-4-5-16(23)19-22-21-17-6-2-1-3-11-24(17)19/h7-10,16H,1-6,11-13H2/t16-/m1/s1. The molecule has 2 aromatic rings. The van der Waals surface area contributed by atoms with Crippen molar-refractivity contribution in [3.8, 4) is 5.75 Å². The third-order valence-corrected chi connectivity index (χ3v) is 5.19. The Morgan fingerprint density at radius 1 is 1.12 bits per heavy atom. The Balaban J connectivity index is 1.45. The molecular weight excluding hydrogens is 335 g/mol. The summed E-state index contributed by atoms with van der Waals surface area (Å²) in [6.45, 7) is 1.59. The number of likely N-dealkylation sites (tertiary alicyclic amines) is 1. The third-order valence-electron chi connectivity index (χ3n) is 5.19. The summed E-state index contributed by atoms with van der Waals surface area (Å²) in [4.78, 5) is 14.5. The number of hydrogen-bond donors (Lipinski definition) is 0. The summed E-state index contributed by atoms with van der Waals surface area (Å²) in [5.74, 6) is 2.05. The number of ether oxygens (including phenoxy) is 1. The van der Waals surface area contributed by atoms with Crippen LogP contribution in [0.25, 0.3) is 0 Å². The molecule has 1 fully saturated rings. The summed E-state index contributed by atoms with van der Waals surface area (Å²) in [6.07, 6.45) is 6.31. The number of nitrogens with zero attached hydrogens (tertiary/aromatic N) is 4. The van der Waals surface area contributed by atoms with Gasteiger partial charge in [-0.05, 0) is 49.9 Å². The lowest BCUT2D eigenvalue weighted by Gasteiger charge is -2.24. The molecule has 1 saturated heterocycles. The van der Waals surface area contributed by atoms with Crippen molar-refractivity contribution in [2.24, 2.45) is 0 Å². The number of aromatic nitrogens is 3. The second kappa shape index (κ2) is 7.43. The molecule has 0 N–H and O–H groups in total. The maximum absolute atomic E-state index is 13.0. The van der Waals surface area contributed by atoms with Gasteiger partial charge in [0.1, 0.15) is 17.4 Å². The van der Waals surface area contributed by atoms with Crippen molar-refractivity contribution in [2.75, 3.05) is 13.2 Å². The molecule has 2 aliphatic heterocycles. The predicted molar refractivity (Wildman–Crippen MR) is 93.2 cm³/mol. The Labute approximate surface area is 152 Å². The average molecular weight is 358 g/mol. The van der Waals surface area contributed by atoms with E-state index in [4.69, 9.17) is 4.74 Å². The highest BCUT2D eigenvalue weighted by Gasteiger charge is 2.34. The van der Waals surface area contributed by atoms with Crippen LogP contribution in [0.3, 0.4) is 0 Å². The van der Waals surface area contributed by atoms with Gasteiger partial charge in [0.2, 0.25) is 0 Å². The smallest absolute Gasteiger partial charge is 0.261 e. The van der Waals surface area contributed by atoms with E-state index in [1.807, 2.05) is 4.90 Å². The van der Waals surface area contributed by atoms with Gasteiger partial charge in [0, 0.05) is 19.5 Å². The Hall–Kier alpha value is -2.44. The van der Waals surface area contributed by atoms with Crippen molar-refractivity contribution in [1.29, 1.82) is 0 Å². The van der Waals surface area contributed by atoms with Crippen LogP contribution in [0, 0.1) is 5.82 Å². The van der Waals surface area contributed by atoms with Gasteiger partial charge in [-0.3, -0.25) is 4.79 Å². The monoisotopic (exact) mass is 358 g/mol. The van der Waals surface area contributed by atoms with E-state index in [0.717, 1.165) is 50.3 Å². The van der Waals surface area contributed by atoms with Crippen LogP contribution in [0.4, 0.5) is 4.39 Å². The summed E-state index contributed by atoms with van der Waals surface area (Å²) in [5.41, 5.74) is 0.